The summed E-state index contributed by atoms with van der Waals surface area (Å²) >= 11 is 0. The fourth-order valence-electron chi connectivity index (χ4n) is 3.12. The minimum atomic E-state index is 0.745. The van der Waals surface area contributed by atoms with Gasteiger partial charge in [-0.05, 0) is 45.7 Å². The van der Waals surface area contributed by atoms with Crippen molar-refractivity contribution in [3.63, 3.8) is 0 Å². The first-order valence-corrected chi connectivity index (χ1v) is 6.47. The lowest BCUT2D eigenvalue weighted by Crippen LogP contribution is -2.55. The van der Waals surface area contributed by atoms with Gasteiger partial charge in [0.2, 0.25) is 0 Å². The van der Waals surface area contributed by atoms with Gasteiger partial charge in [0.25, 0.3) is 0 Å². The van der Waals surface area contributed by atoms with Crippen LogP contribution >= 0.6 is 0 Å². The molecule has 2 heterocycles. The van der Waals surface area contributed by atoms with Crippen LogP contribution in [0, 0.1) is 5.92 Å². The van der Waals surface area contributed by atoms with Gasteiger partial charge in [-0.25, -0.2) is 0 Å². The van der Waals surface area contributed by atoms with Crippen molar-refractivity contribution in [1.82, 2.24) is 9.80 Å². The summed E-state index contributed by atoms with van der Waals surface area (Å²) in [5.74, 6) is 1.53. The van der Waals surface area contributed by atoms with Gasteiger partial charge in [0, 0.05) is 25.7 Å². The number of guanidine groups is 1. The van der Waals surface area contributed by atoms with Crippen LogP contribution in [0.1, 0.15) is 26.2 Å². The van der Waals surface area contributed by atoms with E-state index in [9.17, 15) is 0 Å². The quantitative estimate of drug-likeness (QED) is 0.528. The fraction of sp³-hybridized carbons (Fsp3) is 0.917. The zero-order chi connectivity index (χ0) is 11.5. The van der Waals surface area contributed by atoms with Crippen molar-refractivity contribution in [1.29, 1.82) is 0 Å². The summed E-state index contributed by atoms with van der Waals surface area (Å²) in [5, 5.41) is 0. The molecule has 4 heteroatoms. The Morgan fingerprint density at radius 3 is 2.94 bits per heavy atom. The molecule has 92 valence electrons. The number of likely N-dealkylation sites (tertiary alicyclic amines) is 2. The molecular weight excluding hydrogens is 200 g/mol. The highest BCUT2D eigenvalue weighted by atomic mass is 15.3. The second-order valence-electron chi connectivity index (χ2n) is 5.02. The molecule has 0 amide bonds. The Kier molecular flexibility index (Phi) is 3.69. The Morgan fingerprint density at radius 2 is 2.19 bits per heavy atom. The molecule has 4 nitrogen and oxygen atoms in total. The van der Waals surface area contributed by atoms with Crippen molar-refractivity contribution in [3.8, 4) is 0 Å². The Bertz CT molecular complexity index is 264. The molecule has 2 aliphatic rings. The topological polar surface area (TPSA) is 44.9 Å². The highest BCUT2D eigenvalue weighted by Crippen LogP contribution is 2.29. The number of piperidine rings is 2. The van der Waals surface area contributed by atoms with Gasteiger partial charge in [0.15, 0.2) is 5.96 Å². The smallest absolute Gasteiger partial charge is 0.191 e. The summed E-state index contributed by atoms with van der Waals surface area (Å²) < 4.78 is 0. The molecule has 2 atom stereocenters. The maximum Gasteiger partial charge on any atom is 0.191 e. The molecule has 0 radical (unpaired) electrons. The molecule has 2 fully saturated rings. The number of aliphatic imine (C=N–C) groups is 1. The minimum absolute atomic E-state index is 0.745. The number of nitrogens with zero attached hydrogens (tertiary/aromatic N) is 3. The summed E-state index contributed by atoms with van der Waals surface area (Å²) in [5.41, 5.74) is 5.98. The van der Waals surface area contributed by atoms with Crippen molar-refractivity contribution >= 4 is 5.96 Å². The highest BCUT2D eigenvalue weighted by molar-refractivity contribution is 5.78. The van der Waals surface area contributed by atoms with Gasteiger partial charge in [-0.15, -0.1) is 0 Å². The van der Waals surface area contributed by atoms with E-state index < -0.39 is 0 Å². The molecule has 2 saturated heterocycles. The molecule has 2 unspecified atom stereocenters. The Morgan fingerprint density at radius 1 is 1.38 bits per heavy atom. The molecule has 0 spiro atoms. The second-order valence-corrected chi connectivity index (χ2v) is 5.02. The van der Waals surface area contributed by atoms with Gasteiger partial charge < -0.3 is 15.5 Å². The highest BCUT2D eigenvalue weighted by Gasteiger charge is 2.34. The molecule has 2 rings (SSSR count). The van der Waals surface area contributed by atoms with Crippen LogP contribution in [0.15, 0.2) is 4.99 Å². The lowest BCUT2D eigenvalue weighted by atomic mass is 9.84. The molecule has 0 aromatic carbocycles. The van der Waals surface area contributed by atoms with E-state index in [0.717, 1.165) is 37.6 Å². The van der Waals surface area contributed by atoms with E-state index in [1.165, 1.54) is 25.8 Å². The van der Waals surface area contributed by atoms with Crippen LogP contribution in [-0.2, 0) is 0 Å². The fourth-order valence-corrected chi connectivity index (χ4v) is 3.12. The molecule has 0 aromatic rings. The maximum absolute atomic E-state index is 5.98. The molecular formula is C12H24N4. The number of rotatable bonds is 1. The van der Waals surface area contributed by atoms with E-state index >= 15 is 0 Å². The van der Waals surface area contributed by atoms with Gasteiger partial charge >= 0.3 is 0 Å². The lowest BCUT2D eigenvalue weighted by molar-refractivity contribution is 0.0627. The van der Waals surface area contributed by atoms with Crippen LogP contribution in [0.4, 0.5) is 0 Å². The van der Waals surface area contributed by atoms with Crippen molar-refractivity contribution in [3.05, 3.63) is 0 Å². The third kappa shape index (κ3) is 2.32. The summed E-state index contributed by atoms with van der Waals surface area (Å²) in [4.78, 5) is 9.11. The van der Waals surface area contributed by atoms with Crippen molar-refractivity contribution in [2.24, 2.45) is 16.6 Å². The zero-order valence-electron chi connectivity index (χ0n) is 10.5. The van der Waals surface area contributed by atoms with E-state index in [4.69, 9.17) is 5.73 Å². The van der Waals surface area contributed by atoms with Crippen LogP contribution in [0.5, 0.6) is 0 Å². The first kappa shape index (κ1) is 11.7. The Hall–Kier alpha value is -0.770. The lowest BCUT2D eigenvalue weighted by Gasteiger charge is -2.46. The maximum atomic E-state index is 5.98. The molecule has 0 aromatic heterocycles. The molecule has 16 heavy (non-hydrogen) atoms. The average Bonchev–Trinajstić information content (AvgIpc) is 2.29. The van der Waals surface area contributed by atoms with E-state index in [1.807, 2.05) is 6.92 Å². The van der Waals surface area contributed by atoms with Gasteiger partial charge in [-0.2, -0.15) is 0 Å². The molecule has 0 saturated carbocycles. The van der Waals surface area contributed by atoms with Crippen LogP contribution in [0.25, 0.3) is 0 Å². The van der Waals surface area contributed by atoms with Crippen LogP contribution in [0.2, 0.25) is 0 Å². The predicted octanol–water partition coefficient (Wildman–Crippen LogP) is 0.737. The summed E-state index contributed by atoms with van der Waals surface area (Å²) in [6, 6.07) is 0.777. The monoisotopic (exact) mass is 224 g/mol. The largest absolute Gasteiger partial charge is 0.370 e. The number of hydrogen-bond donors (Lipinski definition) is 1. The number of nitrogens with two attached hydrogens (primary N) is 1. The SMILES string of the molecule is CCN=C(N)N1CCC2C(CCCN2C)C1. The first-order valence-electron chi connectivity index (χ1n) is 6.47. The Balaban J connectivity index is 1.97. The van der Waals surface area contributed by atoms with Crippen LogP contribution in [-0.4, -0.2) is 55.0 Å². The van der Waals surface area contributed by atoms with Crippen LogP contribution < -0.4 is 5.73 Å². The van der Waals surface area contributed by atoms with Crippen molar-refractivity contribution < 1.29 is 0 Å². The molecule has 0 bridgehead atoms. The molecule has 0 aliphatic carbocycles. The summed E-state index contributed by atoms with van der Waals surface area (Å²) in [7, 11) is 2.26. The predicted molar refractivity (Wildman–Crippen MR) is 67.5 cm³/mol. The standard InChI is InChI=1S/C12H24N4/c1-3-14-12(13)16-8-6-11-10(9-16)5-4-7-15(11)2/h10-11H,3-9H2,1-2H3,(H2,13,14). The van der Waals surface area contributed by atoms with Gasteiger partial charge in [-0.1, -0.05) is 0 Å². The van der Waals surface area contributed by atoms with Crippen molar-refractivity contribution in [2.75, 3.05) is 33.2 Å². The molecule has 2 aliphatic heterocycles. The summed E-state index contributed by atoms with van der Waals surface area (Å²) in [6.45, 7) is 6.26. The second kappa shape index (κ2) is 5.04. The third-order valence-corrected chi connectivity index (χ3v) is 3.99. The third-order valence-electron chi connectivity index (χ3n) is 3.99. The zero-order valence-corrected chi connectivity index (χ0v) is 10.5. The van der Waals surface area contributed by atoms with E-state index in [0.29, 0.717) is 0 Å². The van der Waals surface area contributed by atoms with E-state index in [-0.39, 0.29) is 0 Å². The van der Waals surface area contributed by atoms with E-state index in [1.54, 1.807) is 0 Å². The number of hydrogen-bond acceptors (Lipinski definition) is 2. The van der Waals surface area contributed by atoms with Gasteiger partial charge in [-0.3, -0.25) is 4.99 Å². The van der Waals surface area contributed by atoms with Crippen LogP contribution in [0.3, 0.4) is 0 Å². The van der Waals surface area contributed by atoms with E-state index in [2.05, 4.69) is 21.8 Å². The van der Waals surface area contributed by atoms with Gasteiger partial charge in [0.1, 0.15) is 0 Å². The average molecular weight is 224 g/mol. The number of fused-ring (bicyclic) bond motifs is 1. The normalized spacial score (nSPS) is 32.6. The molecule has 2 N–H and O–H groups in total. The Labute approximate surface area is 98.5 Å². The van der Waals surface area contributed by atoms with Gasteiger partial charge in [0.05, 0.1) is 0 Å². The minimum Gasteiger partial charge on any atom is -0.370 e. The summed E-state index contributed by atoms with van der Waals surface area (Å²) in [6.07, 6.45) is 3.92. The van der Waals surface area contributed by atoms with Crippen molar-refractivity contribution in [2.45, 2.75) is 32.2 Å². The first-order chi connectivity index (χ1) is 7.72.